The average molecular weight is 316 g/mol. The first-order valence-electron chi connectivity index (χ1n) is 7.92. The van der Waals surface area contributed by atoms with E-state index < -0.39 is 12.0 Å². The van der Waals surface area contributed by atoms with Crippen molar-refractivity contribution >= 4 is 23.8 Å². The van der Waals surface area contributed by atoms with Crippen LogP contribution in [0, 0.1) is 5.92 Å². The van der Waals surface area contributed by atoms with E-state index in [1.54, 1.807) is 0 Å². The first-order chi connectivity index (χ1) is 10.0. The summed E-state index contributed by atoms with van der Waals surface area (Å²) in [6, 6.07) is -1.06. The van der Waals surface area contributed by atoms with Crippen molar-refractivity contribution in [2.75, 3.05) is 11.5 Å². The Morgan fingerprint density at radius 1 is 1.24 bits per heavy atom. The van der Waals surface area contributed by atoms with Crippen molar-refractivity contribution in [1.82, 2.24) is 10.6 Å². The molecule has 0 heterocycles. The van der Waals surface area contributed by atoms with E-state index in [2.05, 4.69) is 17.6 Å². The van der Waals surface area contributed by atoms with Gasteiger partial charge in [-0.1, -0.05) is 26.2 Å². The molecule has 0 aromatic heterocycles. The van der Waals surface area contributed by atoms with Gasteiger partial charge in [0.2, 0.25) is 0 Å². The van der Waals surface area contributed by atoms with Gasteiger partial charge in [0.15, 0.2) is 0 Å². The van der Waals surface area contributed by atoms with Gasteiger partial charge in [0.25, 0.3) is 0 Å². The monoisotopic (exact) mass is 316 g/mol. The number of carboxylic acid groups (broad SMARTS) is 1. The molecule has 0 aliphatic heterocycles. The fourth-order valence-corrected chi connectivity index (χ4v) is 3.54. The molecule has 0 aromatic carbocycles. The van der Waals surface area contributed by atoms with Gasteiger partial charge in [0.1, 0.15) is 6.04 Å². The van der Waals surface area contributed by atoms with Crippen LogP contribution in [0.2, 0.25) is 0 Å². The summed E-state index contributed by atoms with van der Waals surface area (Å²) in [5.74, 6) is 1.21. The molecule has 1 aliphatic carbocycles. The predicted octanol–water partition coefficient (Wildman–Crippen LogP) is 2.85. The molecular weight excluding hydrogens is 288 g/mol. The molecule has 2 atom stereocenters. The Morgan fingerprint density at radius 2 is 1.90 bits per heavy atom. The molecule has 0 aromatic rings. The fourth-order valence-electron chi connectivity index (χ4n) is 2.73. The maximum atomic E-state index is 12.0. The molecule has 3 N–H and O–H groups in total. The van der Waals surface area contributed by atoms with E-state index in [0.29, 0.717) is 0 Å². The normalized spacial score (nSPS) is 18.8. The van der Waals surface area contributed by atoms with Gasteiger partial charge in [-0.15, -0.1) is 0 Å². The van der Waals surface area contributed by atoms with Crippen LogP contribution in [-0.4, -0.2) is 40.7 Å². The second-order valence-corrected chi connectivity index (χ2v) is 7.11. The molecule has 0 radical (unpaired) electrons. The van der Waals surface area contributed by atoms with Crippen LogP contribution >= 0.6 is 11.8 Å². The highest BCUT2D eigenvalue weighted by Gasteiger charge is 2.30. The van der Waals surface area contributed by atoms with Crippen LogP contribution in [0.4, 0.5) is 4.79 Å². The van der Waals surface area contributed by atoms with Crippen LogP contribution in [-0.2, 0) is 4.79 Å². The Balaban J connectivity index is 2.39. The first kappa shape index (κ1) is 18.1. The lowest BCUT2D eigenvalue weighted by atomic mass is 9.84. The Kier molecular flexibility index (Phi) is 8.57. The molecule has 0 spiro atoms. The largest absolute Gasteiger partial charge is 0.480 e. The van der Waals surface area contributed by atoms with Crippen molar-refractivity contribution in [2.24, 2.45) is 5.92 Å². The summed E-state index contributed by atoms with van der Waals surface area (Å²) in [4.78, 5) is 23.3. The summed E-state index contributed by atoms with van der Waals surface area (Å²) >= 11 is 1.84. The Hall–Kier alpha value is -0.910. The number of aliphatic carboxylic acids is 1. The maximum absolute atomic E-state index is 12.0. The number of hydrogen-bond acceptors (Lipinski definition) is 3. The first-order valence-corrected chi connectivity index (χ1v) is 9.07. The van der Waals surface area contributed by atoms with Crippen LogP contribution in [0.15, 0.2) is 0 Å². The van der Waals surface area contributed by atoms with Gasteiger partial charge in [0, 0.05) is 6.04 Å². The lowest BCUT2D eigenvalue weighted by molar-refractivity contribution is -0.141. The summed E-state index contributed by atoms with van der Waals surface area (Å²) in [6.45, 7) is 4.06. The second-order valence-electron chi connectivity index (χ2n) is 5.72. The lowest BCUT2D eigenvalue weighted by Crippen LogP contribution is -2.51. The van der Waals surface area contributed by atoms with Crippen molar-refractivity contribution in [3.05, 3.63) is 0 Å². The fraction of sp³-hybridized carbons (Fsp3) is 0.867. The number of carbonyl (C=O) groups is 2. The number of amides is 2. The highest BCUT2D eigenvalue weighted by molar-refractivity contribution is 7.99. The zero-order chi connectivity index (χ0) is 15.7. The van der Waals surface area contributed by atoms with Crippen LogP contribution in [0.3, 0.4) is 0 Å². The third-order valence-corrected chi connectivity index (χ3v) is 4.88. The van der Waals surface area contributed by atoms with Crippen LogP contribution in [0.25, 0.3) is 0 Å². The molecule has 21 heavy (non-hydrogen) atoms. The Bertz CT molecular complexity index is 333. The van der Waals surface area contributed by atoms with E-state index in [9.17, 15) is 14.7 Å². The number of carboxylic acids is 1. The number of nitrogens with one attached hydrogen (secondary N) is 2. The van der Waals surface area contributed by atoms with Crippen molar-refractivity contribution in [3.63, 3.8) is 0 Å². The third-order valence-electron chi connectivity index (χ3n) is 3.95. The standard InChI is InChI=1S/C15H28N2O3S/c1-3-21-10-9-11(2)16-15(20)17-13(14(18)19)12-7-5-4-6-8-12/h11-13H,3-10H2,1-2H3,(H,18,19)(H2,16,17,20). The zero-order valence-corrected chi connectivity index (χ0v) is 13.9. The Labute approximate surface area is 131 Å². The van der Waals surface area contributed by atoms with Gasteiger partial charge in [0.05, 0.1) is 0 Å². The number of rotatable bonds is 8. The summed E-state index contributed by atoms with van der Waals surface area (Å²) < 4.78 is 0. The van der Waals surface area contributed by atoms with E-state index in [1.165, 1.54) is 6.42 Å². The zero-order valence-electron chi connectivity index (χ0n) is 13.1. The summed E-state index contributed by atoms with van der Waals surface area (Å²) in [5, 5.41) is 14.8. The molecule has 2 amide bonds. The van der Waals surface area contributed by atoms with Crippen molar-refractivity contribution in [1.29, 1.82) is 0 Å². The molecule has 122 valence electrons. The topological polar surface area (TPSA) is 78.4 Å². The van der Waals surface area contributed by atoms with E-state index in [1.807, 2.05) is 18.7 Å². The van der Waals surface area contributed by atoms with E-state index >= 15 is 0 Å². The van der Waals surface area contributed by atoms with Crippen LogP contribution in [0.1, 0.15) is 52.4 Å². The molecule has 1 rings (SSSR count). The summed E-state index contributed by atoms with van der Waals surface area (Å²) in [7, 11) is 0. The molecule has 1 saturated carbocycles. The molecule has 2 unspecified atom stereocenters. The summed E-state index contributed by atoms with van der Waals surface area (Å²) in [6.07, 6.45) is 5.96. The van der Waals surface area contributed by atoms with Crippen LogP contribution in [0.5, 0.6) is 0 Å². The molecule has 1 fully saturated rings. The van der Waals surface area contributed by atoms with Crippen molar-refractivity contribution in [2.45, 2.75) is 64.5 Å². The quantitative estimate of drug-likeness (QED) is 0.602. The number of hydrogen-bond donors (Lipinski definition) is 3. The smallest absolute Gasteiger partial charge is 0.326 e. The number of urea groups is 1. The van der Waals surface area contributed by atoms with Crippen molar-refractivity contribution < 1.29 is 14.7 Å². The molecule has 0 saturated heterocycles. The lowest BCUT2D eigenvalue weighted by Gasteiger charge is -2.28. The highest BCUT2D eigenvalue weighted by Crippen LogP contribution is 2.26. The van der Waals surface area contributed by atoms with Gasteiger partial charge in [-0.25, -0.2) is 9.59 Å². The minimum Gasteiger partial charge on any atom is -0.480 e. The minimum absolute atomic E-state index is 0.0600. The van der Waals surface area contributed by atoms with Gasteiger partial charge in [-0.3, -0.25) is 0 Å². The van der Waals surface area contributed by atoms with Crippen LogP contribution < -0.4 is 10.6 Å². The average Bonchev–Trinajstić information content (AvgIpc) is 2.45. The second kappa shape index (κ2) is 9.92. The minimum atomic E-state index is -0.925. The molecule has 6 heteroatoms. The molecular formula is C15H28N2O3S. The molecule has 0 bridgehead atoms. The summed E-state index contributed by atoms with van der Waals surface area (Å²) in [5.41, 5.74) is 0. The molecule has 1 aliphatic rings. The highest BCUT2D eigenvalue weighted by atomic mass is 32.2. The van der Waals surface area contributed by atoms with Gasteiger partial charge in [-0.2, -0.15) is 11.8 Å². The van der Waals surface area contributed by atoms with Gasteiger partial charge < -0.3 is 15.7 Å². The Morgan fingerprint density at radius 3 is 2.48 bits per heavy atom. The SMILES string of the molecule is CCSCCC(C)NC(=O)NC(C(=O)O)C1CCCCC1. The molecule has 5 nitrogen and oxygen atoms in total. The van der Waals surface area contributed by atoms with E-state index in [4.69, 9.17) is 0 Å². The number of carbonyl (C=O) groups excluding carboxylic acids is 1. The van der Waals surface area contributed by atoms with E-state index in [0.717, 1.165) is 43.6 Å². The van der Waals surface area contributed by atoms with Gasteiger partial charge in [-0.05, 0) is 43.6 Å². The predicted molar refractivity (Wildman–Crippen MR) is 86.7 cm³/mol. The number of thioether (sulfide) groups is 1. The maximum Gasteiger partial charge on any atom is 0.326 e. The third kappa shape index (κ3) is 7.07. The van der Waals surface area contributed by atoms with Crippen molar-refractivity contribution in [3.8, 4) is 0 Å². The van der Waals surface area contributed by atoms with Gasteiger partial charge >= 0.3 is 12.0 Å². The van der Waals surface area contributed by atoms with E-state index in [-0.39, 0.29) is 18.0 Å².